The number of aryl methyl sites for hydroxylation is 2. The Morgan fingerprint density at radius 2 is 1.64 bits per heavy atom. The Labute approximate surface area is 402 Å². The molecule has 4 fully saturated rings. The van der Waals surface area contributed by atoms with Gasteiger partial charge in [-0.05, 0) is 156 Å². The van der Waals surface area contributed by atoms with Gasteiger partial charge in [0.1, 0.15) is 22.9 Å². The number of imidazole rings is 1. The molecule has 70 heavy (non-hydrogen) atoms. The van der Waals surface area contributed by atoms with Crippen molar-refractivity contribution in [1.82, 2.24) is 38.5 Å². The number of H-pyrrole nitrogens is 1. The van der Waals surface area contributed by atoms with Crippen molar-refractivity contribution in [3.05, 3.63) is 139 Å². The molecule has 1 N–H and O–H groups in total. The smallest absolute Gasteiger partial charge is 0.376 e. The largest absolute Gasteiger partial charge is 0.438 e. The van der Waals surface area contributed by atoms with Crippen LogP contribution < -0.4 is 16.3 Å². The Morgan fingerprint density at radius 1 is 0.900 bits per heavy atom. The summed E-state index contributed by atoms with van der Waals surface area (Å²) in [7, 11) is 1.80. The van der Waals surface area contributed by atoms with Crippen LogP contribution in [0, 0.1) is 25.6 Å². The maximum Gasteiger partial charge on any atom is 0.438 e. The summed E-state index contributed by atoms with van der Waals surface area (Å²) in [6.07, 6.45) is 10.0. The summed E-state index contributed by atoms with van der Waals surface area (Å²) in [5.41, 5.74) is 5.53. The number of likely N-dealkylation sites (N-methyl/N-ethyl adjacent to an activating group) is 1. The molecule has 4 atom stereocenters. The minimum atomic E-state index is -0.842. The molecule has 0 unspecified atom stereocenters. The molecule has 3 aliphatic carbocycles. The average molecular weight is 946 g/mol. The van der Waals surface area contributed by atoms with Crippen molar-refractivity contribution in [2.45, 2.75) is 127 Å². The Morgan fingerprint density at radius 3 is 2.30 bits per heavy atom. The summed E-state index contributed by atoms with van der Waals surface area (Å²) < 4.78 is 33.5. The zero-order valence-corrected chi connectivity index (χ0v) is 40.6. The van der Waals surface area contributed by atoms with E-state index >= 15 is 14.0 Å². The Kier molecular flexibility index (Phi) is 8.89. The molecule has 0 radical (unpaired) electrons. The van der Waals surface area contributed by atoms with Crippen LogP contribution in [0.4, 0.5) is 10.1 Å². The van der Waals surface area contributed by atoms with Crippen LogP contribution in [0.2, 0.25) is 0 Å². The first-order valence-corrected chi connectivity index (χ1v) is 24.8. The summed E-state index contributed by atoms with van der Waals surface area (Å²) >= 11 is 0. The van der Waals surface area contributed by atoms with Crippen molar-refractivity contribution in [1.29, 1.82) is 0 Å². The van der Waals surface area contributed by atoms with Crippen molar-refractivity contribution >= 4 is 28.4 Å². The van der Waals surface area contributed by atoms with Crippen molar-refractivity contribution in [2.24, 2.45) is 5.92 Å². The van der Waals surface area contributed by atoms with Gasteiger partial charge in [-0.1, -0.05) is 30.6 Å². The number of halogens is 1. The number of nitrogens with zero attached hydrogens (tertiary/aromatic N) is 8. The molecule has 2 amide bonds. The molecule has 2 spiro atoms. The highest BCUT2D eigenvalue weighted by atomic mass is 19.1. The van der Waals surface area contributed by atoms with E-state index in [9.17, 15) is 9.59 Å². The molecule has 13 rings (SSSR count). The van der Waals surface area contributed by atoms with E-state index in [0.29, 0.717) is 59.4 Å². The monoisotopic (exact) mass is 945 g/mol. The lowest BCUT2D eigenvalue weighted by molar-refractivity contribution is -0.125. The quantitative estimate of drug-likeness (QED) is 0.167. The molecular weight excluding hydrogens is 890 g/mol. The molecule has 3 aliphatic heterocycles. The number of rotatable bonds is 7. The number of carbonyl (C=O) groups excluding carboxylic acids is 2. The van der Waals surface area contributed by atoms with Crippen molar-refractivity contribution in [3.63, 3.8) is 0 Å². The van der Waals surface area contributed by atoms with E-state index < -0.39 is 28.2 Å². The third-order valence-electron chi connectivity index (χ3n) is 17.3. The zero-order valence-electron chi connectivity index (χ0n) is 40.6. The predicted octanol–water partition coefficient (Wildman–Crippen LogP) is 8.30. The van der Waals surface area contributed by atoms with Gasteiger partial charge in [-0.25, -0.2) is 18.7 Å². The number of aromatic nitrogens is 7. The summed E-state index contributed by atoms with van der Waals surface area (Å²) in [6.45, 7) is 12.9. The number of hydrogen-bond acceptors (Lipinski definition) is 8. The van der Waals surface area contributed by atoms with E-state index in [4.69, 9.17) is 14.4 Å². The van der Waals surface area contributed by atoms with Crippen LogP contribution in [0.3, 0.4) is 0 Å². The molecule has 16 heteroatoms. The van der Waals surface area contributed by atoms with Crippen LogP contribution in [0.25, 0.3) is 28.1 Å². The van der Waals surface area contributed by atoms with Crippen LogP contribution in [-0.2, 0) is 25.9 Å². The van der Waals surface area contributed by atoms with Crippen molar-refractivity contribution < 1.29 is 23.2 Å². The third kappa shape index (κ3) is 5.88. The van der Waals surface area contributed by atoms with Gasteiger partial charge >= 0.3 is 11.4 Å². The number of carbonyl (C=O) groups is 2. The van der Waals surface area contributed by atoms with Crippen molar-refractivity contribution in [2.75, 3.05) is 25.1 Å². The fourth-order valence-corrected chi connectivity index (χ4v) is 13.1. The standard InChI is InChI=1S/C54H56FN9O6/c1-29-21-37(22-30(2)43(29)55)64-45(61-19-18-60(50(61)68)36-10-11-38-40(25-36)59(7)48(66)53(38)14-8-15-53)42-32(4)62(28-52(16-17-52)44(42)57-64)46(65)41-24-35-23-33(34-13-20-69-51(5,6)27-34)9-12-39(35)63(41)54(26-31(54)3)47-56-49(67)70-58-47/h9-12,18-19,21-25,31-32,34H,8,13-17,20,26-28H2,1-7H3,(H,56,58,67)/t31-,32-,34-,54-/m0/s1. The van der Waals surface area contributed by atoms with Crippen LogP contribution in [0.5, 0.6) is 0 Å². The third-order valence-corrected chi connectivity index (χ3v) is 17.3. The number of hydrogen-bond donors (Lipinski definition) is 1. The second kappa shape index (κ2) is 14.4. The molecule has 0 bridgehead atoms. The summed E-state index contributed by atoms with van der Waals surface area (Å²) in [5, 5.41) is 10.5. The van der Waals surface area contributed by atoms with Gasteiger partial charge in [0.25, 0.3) is 5.91 Å². The normalized spacial score (nSPS) is 24.6. The number of benzene rings is 3. The van der Waals surface area contributed by atoms with E-state index in [1.165, 1.54) is 5.56 Å². The van der Waals surface area contributed by atoms with Crippen LogP contribution >= 0.6 is 0 Å². The lowest BCUT2D eigenvalue weighted by atomic mass is 9.65. The Bertz CT molecular complexity index is 3520. The highest BCUT2D eigenvalue weighted by molar-refractivity contribution is 6.08. The summed E-state index contributed by atoms with van der Waals surface area (Å²) in [4.78, 5) is 63.6. The molecular formula is C54H56FN9O6. The predicted molar refractivity (Wildman–Crippen MR) is 259 cm³/mol. The minimum absolute atomic E-state index is 0.0146. The number of nitrogens with one attached hydrogen (secondary N) is 1. The van der Waals surface area contributed by atoms with E-state index in [1.54, 1.807) is 64.1 Å². The van der Waals surface area contributed by atoms with Gasteiger partial charge in [0.15, 0.2) is 5.82 Å². The zero-order chi connectivity index (χ0) is 48.6. The maximum absolute atomic E-state index is 15.9. The number of anilines is 1. The fraction of sp³-hybridized carbons (Fsp3) is 0.444. The van der Waals surface area contributed by atoms with Gasteiger partial charge in [-0.3, -0.25) is 28.2 Å². The van der Waals surface area contributed by atoms with E-state index in [2.05, 4.69) is 53.7 Å². The van der Waals surface area contributed by atoms with Crippen LogP contribution in [0.15, 0.2) is 81.1 Å². The SMILES string of the molecule is Cc1cc(-n2nc3c(c2-n2ccn(-c4ccc5c(c4)N(C)C(=O)C54CCC4)c2=O)[C@H](C)N(C(=O)c2cc4cc([C@H]5CCOC(C)(C)C5)ccc4n2[C@@]2(c4noc(=O)[nH]4)C[C@@H]2C)CC32CC2)cc(C)c1F. The van der Waals surface area contributed by atoms with Gasteiger partial charge in [0.05, 0.1) is 34.1 Å². The van der Waals surface area contributed by atoms with Gasteiger partial charge in [-0.15, -0.1) is 0 Å². The molecule has 360 valence electrons. The first kappa shape index (κ1) is 43.2. The fourth-order valence-electron chi connectivity index (χ4n) is 13.1. The molecule has 3 saturated carbocycles. The maximum atomic E-state index is 15.9. The number of ether oxygens (including phenoxy) is 1. The first-order valence-electron chi connectivity index (χ1n) is 24.8. The second-order valence-electron chi connectivity index (χ2n) is 22.1. The van der Waals surface area contributed by atoms with E-state index in [0.717, 1.165) is 78.4 Å². The van der Waals surface area contributed by atoms with Crippen LogP contribution in [-0.4, -0.2) is 76.1 Å². The number of aromatic amines is 1. The average Bonchev–Trinajstić information content (AvgIpc) is 3.80. The van der Waals surface area contributed by atoms with Gasteiger partial charge < -0.3 is 19.1 Å². The van der Waals surface area contributed by atoms with Gasteiger partial charge in [-0.2, -0.15) is 5.10 Å². The second-order valence-corrected chi connectivity index (χ2v) is 22.1. The van der Waals surface area contributed by atoms with E-state index in [1.807, 2.05) is 36.1 Å². The van der Waals surface area contributed by atoms with Crippen LogP contribution in [0.1, 0.15) is 141 Å². The highest BCUT2D eigenvalue weighted by Crippen LogP contribution is 2.59. The Balaban J connectivity index is 0.966. The minimum Gasteiger partial charge on any atom is -0.376 e. The molecule has 1 saturated heterocycles. The highest BCUT2D eigenvalue weighted by Gasteiger charge is 2.61. The molecule has 4 aromatic heterocycles. The Hall–Kier alpha value is -6.81. The lowest BCUT2D eigenvalue weighted by Crippen LogP contribution is -2.45. The lowest BCUT2D eigenvalue weighted by Gasteiger charge is -2.38. The molecule has 7 heterocycles. The van der Waals surface area contributed by atoms with E-state index in [-0.39, 0.29) is 40.8 Å². The number of amides is 2. The first-order chi connectivity index (χ1) is 33.4. The number of fused-ring (bicyclic) bond motifs is 5. The molecule has 7 aromatic rings. The molecule has 3 aromatic carbocycles. The summed E-state index contributed by atoms with van der Waals surface area (Å²) in [5.74, 6) is 0.0714. The summed E-state index contributed by atoms with van der Waals surface area (Å²) in [6, 6.07) is 17.2. The topological polar surface area (TPSA) is 158 Å². The van der Waals surface area contributed by atoms with Crippen molar-refractivity contribution in [3.8, 4) is 17.2 Å². The van der Waals surface area contributed by atoms with Gasteiger partial charge in [0, 0.05) is 60.2 Å². The molecule has 6 aliphatic rings. The molecule has 15 nitrogen and oxygen atoms in total. The van der Waals surface area contributed by atoms with Gasteiger partial charge in [0.2, 0.25) is 5.91 Å².